The molecule has 4 aromatic rings. The van der Waals surface area contributed by atoms with Gasteiger partial charge in [0.25, 0.3) is 0 Å². The molecule has 4 rings (SSSR count). The number of benzene rings is 4. The van der Waals surface area contributed by atoms with Crippen LogP contribution in [0.4, 0.5) is 0 Å². The van der Waals surface area contributed by atoms with Crippen LogP contribution in [0.1, 0.15) is 61.8 Å². The summed E-state index contributed by atoms with van der Waals surface area (Å²) >= 11 is 0. The van der Waals surface area contributed by atoms with E-state index in [9.17, 15) is 20.0 Å². The molecule has 0 fully saturated rings. The van der Waals surface area contributed by atoms with E-state index in [-0.39, 0.29) is 5.57 Å². The highest BCUT2D eigenvalue weighted by Crippen LogP contribution is 2.28. The summed E-state index contributed by atoms with van der Waals surface area (Å²) in [6.45, 7) is 4.62. The second-order valence-corrected chi connectivity index (χ2v) is 10.2. The lowest BCUT2D eigenvalue weighted by Gasteiger charge is -2.16. The predicted molar refractivity (Wildman–Crippen MR) is 177 cm³/mol. The number of carbonyl (C=O) groups is 2. The van der Waals surface area contributed by atoms with Gasteiger partial charge >= 0.3 is 11.9 Å². The highest BCUT2D eigenvalue weighted by Gasteiger charge is 2.21. The SMILES string of the molecule is CCCCC(CC)COC(=O)C(C#N)=C(c1ccccc1)c1ccccc1.O=C(O)/C(=C\c1ccccc1)c1ccccc1. The summed E-state index contributed by atoms with van der Waals surface area (Å²) in [5.74, 6) is -1.12. The van der Waals surface area contributed by atoms with Gasteiger partial charge in [0.05, 0.1) is 12.2 Å². The summed E-state index contributed by atoms with van der Waals surface area (Å²) in [6, 6.07) is 39.7. The summed E-state index contributed by atoms with van der Waals surface area (Å²) in [7, 11) is 0. The van der Waals surface area contributed by atoms with Gasteiger partial charge in [0.15, 0.2) is 0 Å². The minimum absolute atomic E-state index is 0.0535. The number of unbranched alkanes of at least 4 members (excludes halogenated alkanes) is 1. The predicted octanol–water partition coefficient (Wildman–Crippen LogP) is 9.08. The fourth-order valence-electron chi connectivity index (χ4n) is 4.63. The summed E-state index contributed by atoms with van der Waals surface area (Å²) in [4.78, 5) is 24.0. The number of esters is 1. The summed E-state index contributed by atoms with van der Waals surface area (Å²) in [5, 5.41) is 19.0. The number of nitrogens with zero attached hydrogens (tertiary/aromatic N) is 1. The molecule has 0 saturated heterocycles. The molecule has 1 unspecified atom stereocenters. The highest BCUT2D eigenvalue weighted by atomic mass is 16.5. The molecule has 0 aliphatic heterocycles. The van der Waals surface area contributed by atoms with Crippen LogP contribution in [0.2, 0.25) is 0 Å². The Morgan fingerprint density at radius 1 is 0.773 bits per heavy atom. The van der Waals surface area contributed by atoms with Crippen LogP contribution >= 0.6 is 0 Å². The van der Waals surface area contributed by atoms with Crippen LogP contribution in [0.3, 0.4) is 0 Å². The van der Waals surface area contributed by atoms with Gasteiger partial charge in [0.1, 0.15) is 11.6 Å². The van der Waals surface area contributed by atoms with E-state index in [1.807, 2.05) is 109 Å². The van der Waals surface area contributed by atoms with Gasteiger partial charge in [-0.1, -0.05) is 154 Å². The number of ether oxygens (including phenoxy) is 1. The lowest BCUT2D eigenvalue weighted by atomic mass is 9.93. The molecular formula is C39H39NO4. The maximum atomic E-state index is 12.8. The largest absolute Gasteiger partial charge is 0.478 e. The number of aliphatic carboxylic acids is 1. The molecule has 0 aliphatic rings. The van der Waals surface area contributed by atoms with Crippen molar-refractivity contribution in [3.8, 4) is 6.07 Å². The second-order valence-electron chi connectivity index (χ2n) is 10.2. The first kappa shape index (κ1) is 33.3. The number of carboxylic acids is 1. The summed E-state index contributed by atoms with van der Waals surface area (Å²) in [5.41, 5.74) is 4.22. The average molecular weight is 586 g/mol. The normalized spacial score (nSPS) is 11.2. The first-order valence-corrected chi connectivity index (χ1v) is 15.0. The fraction of sp³-hybridized carbons (Fsp3) is 0.205. The van der Waals surface area contributed by atoms with E-state index in [0.717, 1.165) is 42.4 Å². The van der Waals surface area contributed by atoms with Gasteiger partial charge < -0.3 is 9.84 Å². The Kier molecular flexibility index (Phi) is 13.9. The molecule has 1 N–H and O–H groups in total. The van der Waals surface area contributed by atoms with Crippen molar-refractivity contribution < 1.29 is 19.4 Å². The molecule has 224 valence electrons. The molecule has 5 nitrogen and oxygen atoms in total. The van der Waals surface area contributed by atoms with Crippen LogP contribution in [-0.2, 0) is 14.3 Å². The fourth-order valence-corrected chi connectivity index (χ4v) is 4.63. The summed E-state index contributed by atoms with van der Waals surface area (Å²) < 4.78 is 5.55. The molecule has 4 aromatic carbocycles. The van der Waals surface area contributed by atoms with Crippen molar-refractivity contribution in [2.24, 2.45) is 5.92 Å². The van der Waals surface area contributed by atoms with E-state index in [0.29, 0.717) is 29.2 Å². The monoisotopic (exact) mass is 585 g/mol. The van der Waals surface area contributed by atoms with E-state index in [1.54, 1.807) is 18.2 Å². The number of hydrogen-bond acceptors (Lipinski definition) is 4. The minimum atomic E-state index is -0.917. The third-order valence-electron chi connectivity index (χ3n) is 7.11. The first-order chi connectivity index (χ1) is 21.5. The smallest absolute Gasteiger partial charge is 0.349 e. The zero-order valence-electron chi connectivity index (χ0n) is 25.4. The number of rotatable bonds is 12. The molecule has 0 radical (unpaired) electrons. The third kappa shape index (κ3) is 10.3. The summed E-state index contributed by atoms with van der Waals surface area (Å²) in [6.07, 6.45) is 5.92. The topological polar surface area (TPSA) is 87.4 Å². The molecular weight excluding hydrogens is 546 g/mol. The molecule has 0 amide bonds. The van der Waals surface area contributed by atoms with Crippen LogP contribution in [0.15, 0.2) is 127 Å². The average Bonchev–Trinajstić information content (AvgIpc) is 3.08. The van der Waals surface area contributed by atoms with Gasteiger partial charge in [-0.25, -0.2) is 9.59 Å². The van der Waals surface area contributed by atoms with Crippen LogP contribution in [-0.4, -0.2) is 23.7 Å². The number of hydrogen-bond donors (Lipinski definition) is 1. The molecule has 0 saturated carbocycles. The van der Waals surface area contributed by atoms with Gasteiger partial charge in [0, 0.05) is 5.57 Å². The van der Waals surface area contributed by atoms with E-state index in [1.165, 1.54) is 0 Å². The van der Waals surface area contributed by atoms with Gasteiger partial charge in [0.2, 0.25) is 0 Å². The van der Waals surface area contributed by atoms with Crippen molar-refractivity contribution in [1.29, 1.82) is 5.26 Å². The molecule has 0 heterocycles. The van der Waals surface area contributed by atoms with Crippen molar-refractivity contribution >= 4 is 29.2 Å². The van der Waals surface area contributed by atoms with Crippen molar-refractivity contribution in [3.05, 3.63) is 149 Å². The molecule has 0 aromatic heterocycles. The molecule has 0 aliphatic carbocycles. The van der Waals surface area contributed by atoms with E-state index < -0.39 is 11.9 Å². The molecule has 0 bridgehead atoms. The standard InChI is InChI=1S/C24H27NO2.C15H12O2/c1-3-5-12-19(4-2)18-27-24(26)22(17-25)23(20-13-8-6-9-14-20)21-15-10-7-11-16-21;16-15(17)14(13-9-5-2-6-10-13)11-12-7-3-1-4-8-12/h6-11,13-16,19H,3-5,12,18H2,1-2H3;1-11H,(H,16,17)/b;14-11-. The Bertz CT molecular complexity index is 1510. The Hall–Kier alpha value is -5.21. The van der Waals surface area contributed by atoms with Crippen molar-refractivity contribution in [2.45, 2.75) is 39.5 Å². The molecule has 1 atom stereocenters. The number of nitriles is 1. The minimum Gasteiger partial charge on any atom is -0.478 e. The lowest BCUT2D eigenvalue weighted by molar-refractivity contribution is -0.140. The number of carboxylic acid groups (broad SMARTS) is 1. The lowest BCUT2D eigenvalue weighted by Crippen LogP contribution is -2.16. The molecule has 5 heteroatoms. The zero-order chi connectivity index (χ0) is 31.6. The van der Waals surface area contributed by atoms with Crippen molar-refractivity contribution in [2.75, 3.05) is 6.61 Å². The maximum absolute atomic E-state index is 12.8. The van der Waals surface area contributed by atoms with Crippen LogP contribution in [0.5, 0.6) is 0 Å². The van der Waals surface area contributed by atoms with Crippen molar-refractivity contribution in [1.82, 2.24) is 0 Å². The third-order valence-corrected chi connectivity index (χ3v) is 7.11. The highest BCUT2D eigenvalue weighted by molar-refractivity contribution is 6.20. The van der Waals surface area contributed by atoms with E-state index in [4.69, 9.17) is 4.74 Å². The Labute approximate surface area is 260 Å². The Balaban J connectivity index is 0.000000266. The number of carbonyl (C=O) groups excluding carboxylic acids is 1. The van der Waals surface area contributed by atoms with E-state index >= 15 is 0 Å². The molecule has 44 heavy (non-hydrogen) atoms. The molecule has 0 spiro atoms. The van der Waals surface area contributed by atoms with Gasteiger partial charge in [-0.3, -0.25) is 0 Å². The quantitative estimate of drug-likeness (QED) is 0.0775. The van der Waals surface area contributed by atoms with Crippen molar-refractivity contribution in [3.63, 3.8) is 0 Å². The van der Waals surface area contributed by atoms with Crippen LogP contribution in [0, 0.1) is 17.2 Å². The first-order valence-electron chi connectivity index (χ1n) is 15.0. The second kappa shape index (κ2) is 18.4. The zero-order valence-corrected chi connectivity index (χ0v) is 25.4. The van der Waals surface area contributed by atoms with Gasteiger partial charge in [-0.2, -0.15) is 5.26 Å². The Morgan fingerprint density at radius 2 is 1.25 bits per heavy atom. The Morgan fingerprint density at radius 3 is 1.68 bits per heavy atom. The van der Waals surface area contributed by atoms with Gasteiger partial charge in [-0.05, 0) is 40.7 Å². The van der Waals surface area contributed by atoms with Gasteiger partial charge in [-0.15, -0.1) is 0 Å². The van der Waals surface area contributed by atoms with Crippen LogP contribution in [0.25, 0.3) is 17.2 Å². The maximum Gasteiger partial charge on any atom is 0.349 e. The van der Waals surface area contributed by atoms with E-state index in [2.05, 4.69) is 19.9 Å². The van der Waals surface area contributed by atoms with Crippen LogP contribution < -0.4 is 0 Å².